The zero-order valence-electron chi connectivity index (χ0n) is 10.4. The van der Waals surface area contributed by atoms with Crippen molar-refractivity contribution in [1.82, 2.24) is 4.98 Å². The minimum absolute atomic E-state index is 0.0362. The van der Waals surface area contributed by atoms with Crippen LogP contribution < -0.4 is 9.47 Å². The van der Waals surface area contributed by atoms with Crippen molar-refractivity contribution in [3.8, 4) is 16.7 Å². The minimum Gasteiger partial charge on any atom is -0.493 e. The third kappa shape index (κ3) is 3.20. The second-order valence-electron chi connectivity index (χ2n) is 3.60. The van der Waals surface area contributed by atoms with Crippen molar-refractivity contribution >= 4 is 34.6 Å². The molecule has 1 N–H and O–H groups in total. The van der Waals surface area contributed by atoms with Crippen LogP contribution in [0.25, 0.3) is 0 Å². The molecule has 0 aliphatic carbocycles. The number of aromatic carboxylic acids is 1. The molecule has 0 fully saturated rings. The van der Waals surface area contributed by atoms with E-state index in [9.17, 15) is 14.9 Å². The molecule has 8 nitrogen and oxygen atoms in total. The standard InChI is InChI=1S/C11H7ClN2O6S/c1-19-6-3-2-5(14(17)18)4-7(6)20-11-13-9(12)8(21-11)10(15)16/h2-4H,1H3,(H,15,16). The van der Waals surface area contributed by atoms with Crippen LogP contribution in [0.2, 0.25) is 5.15 Å². The van der Waals surface area contributed by atoms with E-state index in [0.717, 1.165) is 6.07 Å². The lowest BCUT2D eigenvalue weighted by atomic mass is 10.3. The summed E-state index contributed by atoms with van der Waals surface area (Å²) < 4.78 is 10.3. The third-order valence-corrected chi connectivity index (χ3v) is 3.62. The number of benzene rings is 1. The molecule has 2 rings (SSSR count). The molecule has 0 saturated heterocycles. The summed E-state index contributed by atoms with van der Waals surface area (Å²) in [6.07, 6.45) is 0. The van der Waals surface area contributed by atoms with E-state index in [4.69, 9.17) is 26.2 Å². The molecule has 0 unspecified atom stereocenters. The molecule has 0 saturated carbocycles. The van der Waals surface area contributed by atoms with Crippen molar-refractivity contribution in [3.05, 3.63) is 38.3 Å². The molecular weight excluding hydrogens is 324 g/mol. The first kappa shape index (κ1) is 15.0. The Hall–Kier alpha value is -2.39. The zero-order chi connectivity index (χ0) is 15.6. The van der Waals surface area contributed by atoms with Crippen molar-refractivity contribution in [2.45, 2.75) is 0 Å². The molecular formula is C11H7ClN2O6S. The number of carbonyl (C=O) groups is 1. The van der Waals surface area contributed by atoms with Gasteiger partial charge >= 0.3 is 5.97 Å². The molecule has 0 aliphatic rings. The molecule has 0 atom stereocenters. The molecule has 0 bridgehead atoms. The van der Waals surface area contributed by atoms with Gasteiger partial charge in [0.1, 0.15) is 0 Å². The Morgan fingerprint density at radius 1 is 1.48 bits per heavy atom. The highest BCUT2D eigenvalue weighted by Crippen LogP contribution is 2.37. The molecule has 1 heterocycles. The normalized spacial score (nSPS) is 10.2. The van der Waals surface area contributed by atoms with Gasteiger partial charge in [-0.15, -0.1) is 0 Å². The van der Waals surface area contributed by atoms with E-state index >= 15 is 0 Å². The van der Waals surface area contributed by atoms with Crippen LogP contribution in [-0.2, 0) is 0 Å². The van der Waals surface area contributed by atoms with E-state index < -0.39 is 10.9 Å². The summed E-state index contributed by atoms with van der Waals surface area (Å²) in [7, 11) is 1.37. The lowest BCUT2D eigenvalue weighted by Crippen LogP contribution is -1.93. The first-order valence-electron chi connectivity index (χ1n) is 5.32. The minimum atomic E-state index is -1.24. The quantitative estimate of drug-likeness (QED) is 0.661. The van der Waals surface area contributed by atoms with Crippen molar-refractivity contribution in [1.29, 1.82) is 0 Å². The number of nitrogens with zero attached hydrogens (tertiary/aromatic N) is 2. The van der Waals surface area contributed by atoms with Gasteiger partial charge in [0.2, 0.25) is 0 Å². The Bertz CT molecular complexity index is 717. The fourth-order valence-electron chi connectivity index (χ4n) is 1.41. The SMILES string of the molecule is COc1ccc([N+](=O)[O-])cc1Oc1nc(Cl)c(C(=O)O)s1. The summed E-state index contributed by atoms with van der Waals surface area (Å²) in [4.78, 5) is 24.6. The van der Waals surface area contributed by atoms with E-state index in [2.05, 4.69) is 4.98 Å². The molecule has 0 amide bonds. The Kier molecular flexibility index (Phi) is 4.24. The first-order valence-corrected chi connectivity index (χ1v) is 6.51. The van der Waals surface area contributed by atoms with E-state index in [0.29, 0.717) is 11.3 Å². The molecule has 1 aromatic carbocycles. The molecule has 1 aromatic heterocycles. The van der Waals surface area contributed by atoms with Crippen LogP contribution >= 0.6 is 22.9 Å². The molecule has 10 heteroatoms. The number of non-ortho nitro benzene ring substituents is 1. The highest BCUT2D eigenvalue weighted by molar-refractivity contribution is 7.15. The Morgan fingerprint density at radius 2 is 2.19 bits per heavy atom. The number of halogens is 1. The average molecular weight is 331 g/mol. The zero-order valence-corrected chi connectivity index (χ0v) is 12.0. The highest BCUT2D eigenvalue weighted by atomic mass is 35.5. The predicted octanol–water partition coefficient (Wildman–Crippen LogP) is 3.20. The van der Waals surface area contributed by atoms with E-state index in [-0.39, 0.29) is 32.4 Å². The fraction of sp³-hybridized carbons (Fsp3) is 0.0909. The number of nitro groups is 1. The molecule has 21 heavy (non-hydrogen) atoms. The summed E-state index contributed by atoms with van der Waals surface area (Å²) in [5.74, 6) is -0.962. The van der Waals surface area contributed by atoms with Crippen molar-refractivity contribution in [2.24, 2.45) is 0 Å². The van der Waals surface area contributed by atoms with Gasteiger partial charge in [0.15, 0.2) is 21.5 Å². The van der Waals surface area contributed by atoms with Crippen molar-refractivity contribution in [2.75, 3.05) is 7.11 Å². The Labute approximate surface area is 126 Å². The van der Waals surface area contributed by atoms with Crippen LogP contribution in [0.1, 0.15) is 9.67 Å². The van der Waals surface area contributed by atoms with Gasteiger partial charge in [-0.2, -0.15) is 4.98 Å². The van der Waals surface area contributed by atoms with Gasteiger partial charge in [0, 0.05) is 6.07 Å². The van der Waals surface area contributed by atoms with Crippen LogP contribution in [0.15, 0.2) is 18.2 Å². The van der Waals surface area contributed by atoms with Crippen molar-refractivity contribution in [3.63, 3.8) is 0 Å². The number of hydrogen-bond donors (Lipinski definition) is 1. The van der Waals surface area contributed by atoms with Gasteiger partial charge in [-0.05, 0) is 6.07 Å². The van der Waals surface area contributed by atoms with Gasteiger partial charge in [-0.3, -0.25) is 10.1 Å². The number of aromatic nitrogens is 1. The van der Waals surface area contributed by atoms with Crippen LogP contribution in [0, 0.1) is 10.1 Å². The third-order valence-electron chi connectivity index (χ3n) is 2.32. The second kappa shape index (κ2) is 5.94. The summed E-state index contributed by atoms with van der Waals surface area (Å²) in [6.45, 7) is 0. The maximum Gasteiger partial charge on any atom is 0.349 e. The largest absolute Gasteiger partial charge is 0.493 e. The monoisotopic (exact) mass is 330 g/mol. The number of methoxy groups -OCH3 is 1. The van der Waals surface area contributed by atoms with E-state index in [1.54, 1.807) is 0 Å². The molecule has 110 valence electrons. The maximum absolute atomic E-state index is 10.9. The number of ether oxygens (including phenoxy) is 2. The van der Waals surface area contributed by atoms with Crippen LogP contribution in [0.4, 0.5) is 5.69 Å². The number of thiazole rings is 1. The van der Waals surface area contributed by atoms with Crippen LogP contribution in [0.5, 0.6) is 16.7 Å². The summed E-state index contributed by atoms with van der Waals surface area (Å²) >= 11 is 6.37. The highest BCUT2D eigenvalue weighted by Gasteiger charge is 2.19. The summed E-state index contributed by atoms with van der Waals surface area (Å²) in [6, 6.07) is 3.76. The van der Waals surface area contributed by atoms with Gasteiger partial charge in [-0.25, -0.2) is 4.79 Å². The predicted molar refractivity (Wildman–Crippen MR) is 73.8 cm³/mol. The number of rotatable bonds is 5. The summed E-state index contributed by atoms with van der Waals surface area (Å²) in [5, 5.41) is 19.4. The topological polar surface area (TPSA) is 112 Å². The number of carboxylic acids is 1. The lowest BCUT2D eigenvalue weighted by molar-refractivity contribution is -0.384. The number of carboxylic acid groups (broad SMARTS) is 1. The number of hydrogen-bond acceptors (Lipinski definition) is 7. The van der Waals surface area contributed by atoms with Gasteiger partial charge in [0.25, 0.3) is 10.9 Å². The van der Waals surface area contributed by atoms with E-state index in [1.807, 2.05) is 0 Å². The molecule has 0 aliphatic heterocycles. The summed E-state index contributed by atoms with van der Waals surface area (Å²) in [5.41, 5.74) is -0.202. The molecule has 0 radical (unpaired) electrons. The maximum atomic E-state index is 10.9. The lowest BCUT2D eigenvalue weighted by Gasteiger charge is -2.07. The van der Waals surface area contributed by atoms with Gasteiger partial charge < -0.3 is 14.6 Å². The second-order valence-corrected chi connectivity index (χ2v) is 4.92. The smallest absolute Gasteiger partial charge is 0.349 e. The van der Waals surface area contributed by atoms with Gasteiger partial charge in [-0.1, -0.05) is 22.9 Å². The molecule has 0 spiro atoms. The molecule has 2 aromatic rings. The first-order chi connectivity index (χ1) is 9.92. The van der Waals surface area contributed by atoms with Crippen LogP contribution in [0.3, 0.4) is 0 Å². The van der Waals surface area contributed by atoms with Crippen molar-refractivity contribution < 1.29 is 24.3 Å². The Morgan fingerprint density at radius 3 is 2.71 bits per heavy atom. The van der Waals surface area contributed by atoms with E-state index in [1.165, 1.54) is 19.2 Å². The average Bonchev–Trinajstić information content (AvgIpc) is 2.79. The Balaban J connectivity index is 2.38. The van der Waals surface area contributed by atoms with Crippen LogP contribution in [-0.4, -0.2) is 28.1 Å². The number of nitro benzene ring substituents is 1. The van der Waals surface area contributed by atoms with Gasteiger partial charge in [0.05, 0.1) is 18.1 Å². The fourth-order valence-corrected chi connectivity index (χ4v) is 2.40.